The van der Waals surface area contributed by atoms with Crippen molar-refractivity contribution < 1.29 is 9.59 Å². The van der Waals surface area contributed by atoms with Crippen LogP contribution >= 0.6 is 22.9 Å². The fraction of sp³-hybridized carbons (Fsp3) is 0.474. The lowest BCUT2D eigenvalue weighted by molar-refractivity contribution is -0.139. The first-order chi connectivity index (χ1) is 13.1. The predicted molar refractivity (Wildman–Crippen MR) is 105 cm³/mol. The summed E-state index contributed by atoms with van der Waals surface area (Å²) in [7, 11) is 0. The largest absolute Gasteiger partial charge is 0.342 e. The van der Waals surface area contributed by atoms with Gasteiger partial charge in [0, 0.05) is 35.6 Å². The molecule has 2 aliphatic rings. The number of hydrogen-bond donors (Lipinski definition) is 1. The lowest BCUT2D eigenvalue weighted by Crippen LogP contribution is -2.44. The van der Waals surface area contributed by atoms with E-state index in [-0.39, 0.29) is 23.7 Å². The number of benzene rings is 1. The molecule has 0 radical (unpaired) electrons. The SMILES string of the molecule is O=C(Nc1ccc(Cl)cc1)c1nnc([C@@H]2CCCN(C(=O)C3CCC3)C2)s1. The fourth-order valence-corrected chi connectivity index (χ4v) is 4.49. The second-order valence-electron chi connectivity index (χ2n) is 7.16. The zero-order valence-corrected chi connectivity index (χ0v) is 16.4. The van der Waals surface area contributed by atoms with Crippen LogP contribution in [0.15, 0.2) is 24.3 Å². The number of carbonyl (C=O) groups excluding carboxylic acids is 2. The van der Waals surface area contributed by atoms with Crippen LogP contribution in [0.5, 0.6) is 0 Å². The summed E-state index contributed by atoms with van der Waals surface area (Å²) in [5, 5.41) is 12.9. The molecule has 1 saturated heterocycles. The zero-order chi connectivity index (χ0) is 18.8. The predicted octanol–water partition coefficient (Wildman–Crippen LogP) is 3.95. The summed E-state index contributed by atoms with van der Waals surface area (Å²) in [5.74, 6) is 0.395. The number of nitrogens with zero attached hydrogens (tertiary/aromatic N) is 3. The van der Waals surface area contributed by atoms with Crippen LogP contribution in [0.4, 0.5) is 5.69 Å². The fourth-order valence-electron chi connectivity index (χ4n) is 3.50. The minimum absolute atomic E-state index is 0.164. The second kappa shape index (κ2) is 7.94. The van der Waals surface area contributed by atoms with Gasteiger partial charge in [0.1, 0.15) is 5.01 Å². The lowest BCUT2D eigenvalue weighted by Gasteiger charge is -2.36. The molecule has 2 amide bonds. The quantitative estimate of drug-likeness (QED) is 0.837. The van der Waals surface area contributed by atoms with Crippen LogP contribution in [-0.2, 0) is 4.79 Å². The molecule has 142 valence electrons. The smallest absolute Gasteiger partial charge is 0.286 e. The van der Waals surface area contributed by atoms with Crippen molar-refractivity contribution in [2.24, 2.45) is 5.92 Å². The van der Waals surface area contributed by atoms with Crippen LogP contribution in [-0.4, -0.2) is 40.0 Å². The Hall–Kier alpha value is -1.99. The molecule has 27 heavy (non-hydrogen) atoms. The summed E-state index contributed by atoms with van der Waals surface area (Å²) in [4.78, 5) is 26.9. The average Bonchev–Trinajstić information content (AvgIpc) is 3.13. The molecule has 2 fully saturated rings. The summed E-state index contributed by atoms with van der Waals surface area (Å²) in [6.45, 7) is 1.51. The van der Waals surface area contributed by atoms with E-state index in [1.165, 1.54) is 11.3 Å². The molecule has 2 heterocycles. The van der Waals surface area contributed by atoms with Gasteiger partial charge < -0.3 is 10.2 Å². The molecule has 0 spiro atoms. The molecule has 1 atom stereocenters. The van der Waals surface area contributed by atoms with Crippen molar-refractivity contribution in [2.45, 2.75) is 38.0 Å². The van der Waals surface area contributed by atoms with Crippen molar-refractivity contribution in [3.05, 3.63) is 39.3 Å². The Morgan fingerprint density at radius 1 is 1.11 bits per heavy atom. The lowest BCUT2D eigenvalue weighted by atomic mass is 9.83. The molecule has 2 aromatic rings. The number of rotatable bonds is 4. The number of halogens is 1. The van der Waals surface area contributed by atoms with Gasteiger partial charge >= 0.3 is 0 Å². The van der Waals surface area contributed by atoms with Crippen molar-refractivity contribution >= 4 is 40.4 Å². The molecule has 8 heteroatoms. The summed E-state index contributed by atoms with van der Waals surface area (Å²) >= 11 is 7.17. The van der Waals surface area contributed by atoms with E-state index in [2.05, 4.69) is 15.5 Å². The summed E-state index contributed by atoms with van der Waals surface area (Å²) < 4.78 is 0. The van der Waals surface area contributed by atoms with E-state index in [0.717, 1.165) is 43.7 Å². The summed E-state index contributed by atoms with van der Waals surface area (Å²) in [5.41, 5.74) is 0.663. The van der Waals surface area contributed by atoms with E-state index in [9.17, 15) is 9.59 Å². The Labute approximate surface area is 166 Å². The first kappa shape index (κ1) is 18.4. The van der Waals surface area contributed by atoms with E-state index in [1.54, 1.807) is 24.3 Å². The number of hydrogen-bond acceptors (Lipinski definition) is 5. The molecule has 1 N–H and O–H groups in total. The third kappa shape index (κ3) is 4.14. The molecule has 0 bridgehead atoms. The van der Waals surface area contributed by atoms with Gasteiger partial charge in [-0.15, -0.1) is 10.2 Å². The van der Waals surface area contributed by atoms with Crippen LogP contribution in [0.1, 0.15) is 52.8 Å². The Morgan fingerprint density at radius 2 is 1.89 bits per heavy atom. The average molecular weight is 405 g/mol. The monoisotopic (exact) mass is 404 g/mol. The Kier molecular flexibility index (Phi) is 5.41. The highest BCUT2D eigenvalue weighted by Gasteiger charge is 2.33. The summed E-state index contributed by atoms with van der Waals surface area (Å²) in [6, 6.07) is 6.93. The van der Waals surface area contributed by atoms with Crippen molar-refractivity contribution in [1.82, 2.24) is 15.1 Å². The zero-order valence-electron chi connectivity index (χ0n) is 14.9. The number of amides is 2. The van der Waals surface area contributed by atoms with Crippen LogP contribution in [0.2, 0.25) is 5.02 Å². The molecule has 1 aromatic heterocycles. The molecule has 1 aliphatic heterocycles. The van der Waals surface area contributed by atoms with Crippen LogP contribution in [0.3, 0.4) is 0 Å². The van der Waals surface area contributed by atoms with Gasteiger partial charge in [0.05, 0.1) is 0 Å². The molecule has 1 saturated carbocycles. The van der Waals surface area contributed by atoms with Gasteiger partial charge in [-0.1, -0.05) is 29.4 Å². The van der Waals surface area contributed by atoms with Gasteiger partial charge in [-0.05, 0) is 49.9 Å². The van der Waals surface area contributed by atoms with Crippen molar-refractivity contribution in [1.29, 1.82) is 0 Å². The first-order valence-corrected chi connectivity index (χ1v) is 10.5. The first-order valence-electron chi connectivity index (χ1n) is 9.29. The number of aromatic nitrogens is 2. The van der Waals surface area contributed by atoms with Gasteiger partial charge in [-0.25, -0.2) is 0 Å². The van der Waals surface area contributed by atoms with Crippen LogP contribution in [0, 0.1) is 5.92 Å². The number of likely N-dealkylation sites (tertiary alicyclic amines) is 1. The molecular formula is C19H21ClN4O2S. The molecule has 1 aliphatic carbocycles. The minimum Gasteiger partial charge on any atom is -0.342 e. The van der Waals surface area contributed by atoms with Crippen molar-refractivity contribution in [3.63, 3.8) is 0 Å². The number of nitrogens with one attached hydrogen (secondary N) is 1. The van der Waals surface area contributed by atoms with E-state index >= 15 is 0 Å². The second-order valence-corrected chi connectivity index (χ2v) is 8.60. The minimum atomic E-state index is -0.278. The standard InChI is InChI=1S/C19H21ClN4O2S/c20-14-6-8-15(9-7-14)21-16(25)18-23-22-17(27-18)13-5-2-10-24(11-13)19(26)12-3-1-4-12/h6-9,12-13H,1-5,10-11H2,(H,21,25)/t13-/m1/s1. The number of carbonyl (C=O) groups is 2. The topological polar surface area (TPSA) is 75.2 Å². The van der Waals surface area contributed by atoms with E-state index in [1.807, 2.05) is 4.90 Å². The van der Waals surface area contributed by atoms with Gasteiger partial charge in [0.2, 0.25) is 10.9 Å². The van der Waals surface area contributed by atoms with Crippen LogP contribution < -0.4 is 5.32 Å². The van der Waals surface area contributed by atoms with E-state index < -0.39 is 0 Å². The molecule has 1 aromatic carbocycles. The Balaban J connectivity index is 1.39. The third-order valence-electron chi connectivity index (χ3n) is 5.27. The molecule has 6 nitrogen and oxygen atoms in total. The molecule has 0 unspecified atom stereocenters. The van der Waals surface area contributed by atoms with Gasteiger partial charge in [0.15, 0.2) is 0 Å². The Morgan fingerprint density at radius 3 is 2.59 bits per heavy atom. The van der Waals surface area contributed by atoms with Crippen LogP contribution in [0.25, 0.3) is 0 Å². The van der Waals surface area contributed by atoms with Gasteiger partial charge in [0.25, 0.3) is 5.91 Å². The number of anilines is 1. The van der Waals surface area contributed by atoms with E-state index in [4.69, 9.17) is 11.6 Å². The molecule has 4 rings (SSSR count). The van der Waals surface area contributed by atoms with Crippen molar-refractivity contribution in [3.8, 4) is 0 Å². The highest BCUT2D eigenvalue weighted by molar-refractivity contribution is 7.13. The molecular weight excluding hydrogens is 384 g/mol. The van der Waals surface area contributed by atoms with Gasteiger partial charge in [-0.3, -0.25) is 9.59 Å². The maximum Gasteiger partial charge on any atom is 0.286 e. The van der Waals surface area contributed by atoms with E-state index in [0.29, 0.717) is 22.3 Å². The highest BCUT2D eigenvalue weighted by Crippen LogP contribution is 2.33. The maximum absolute atomic E-state index is 12.5. The third-order valence-corrected chi connectivity index (χ3v) is 6.61. The number of piperidine rings is 1. The van der Waals surface area contributed by atoms with Crippen molar-refractivity contribution in [2.75, 3.05) is 18.4 Å². The Bertz CT molecular complexity index is 834. The van der Waals surface area contributed by atoms with Gasteiger partial charge in [-0.2, -0.15) is 0 Å². The maximum atomic E-state index is 12.5. The highest BCUT2D eigenvalue weighted by atomic mass is 35.5. The summed E-state index contributed by atoms with van der Waals surface area (Å²) in [6.07, 6.45) is 5.15. The normalized spacial score (nSPS) is 20.2.